The van der Waals surface area contributed by atoms with Gasteiger partial charge in [0, 0.05) is 17.7 Å². The van der Waals surface area contributed by atoms with Crippen molar-refractivity contribution in [3.05, 3.63) is 77.6 Å². The number of nitrogens with zero attached hydrogens (tertiary/aromatic N) is 2. The highest BCUT2D eigenvalue weighted by Gasteiger charge is 2.32. The van der Waals surface area contributed by atoms with Gasteiger partial charge in [0.2, 0.25) is 11.8 Å². The molecule has 7 nitrogen and oxygen atoms in total. The van der Waals surface area contributed by atoms with Crippen LogP contribution >= 0.6 is 11.8 Å². The minimum atomic E-state index is -4.45. The molecular weight excluding hydrogens is 481 g/mol. The molecular formula is C24H19F3N4O3S. The molecule has 180 valence electrons. The Morgan fingerprint density at radius 1 is 1.17 bits per heavy atom. The second-order valence-corrected chi connectivity index (χ2v) is 8.84. The first-order valence-electron chi connectivity index (χ1n) is 10.4. The highest BCUT2D eigenvalue weighted by Crippen LogP contribution is 2.32. The fraction of sp³-hybridized carbons (Fsp3) is 0.167. The van der Waals surface area contributed by atoms with E-state index in [-0.39, 0.29) is 40.5 Å². The van der Waals surface area contributed by atoms with Crippen molar-refractivity contribution < 1.29 is 27.2 Å². The van der Waals surface area contributed by atoms with E-state index in [2.05, 4.69) is 20.8 Å². The first kappa shape index (κ1) is 24.3. The van der Waals surface area contributed by atoms with Gasteiger partial charge in [-0.1, -0.05) is 41.6 Å². The van der Waals surface area contributed by atoms with Crippen LogP contribution in [0.1, 0.15) is 23.3 Å². The first-order valence-corrected chi connectivity index (χ1v) is 11.3. The molecule has 4 rings (SSSR count). The van der Waals surface area contributed by atoms with Crippen LogP contribution < -0.4 is 10.6 Å². The van der Waals surface area contributed by atoms with Crippen molar-refractivity contribution in [2.24, 2.45) is 10.2 Å². The number of furan rings is 1. The van der Waals surface area contributed by atoms with E-state index in [9.17, 15) is 22.8 Å². The Bertz CT molecular complexity index is 1300. The van der Waals surface area contributed by atoms with E-state index in [1.807, 2.05) is 19.1 Å². The van der Waals surface area contributed by atoms with Gasteiger partial charge in [-0.05, 0) is 43.3 Å². The molecule has 1 aromatic heterocycles. The van der Waals surface area contributed by atoms with E-state index in [0.717, 1.165) is 29.5 Å². The zero-order chi connectivity index (χ0) is 25.0. The average molecular weight is 501 g/mol. The number of amidine groups is 1. The summed E-state index contributed by atoms with van der Waals surface area (Å²) in [7, 11) is 0. The van der Waals surface area contributed by atoms with Crippen LogP contribution in [0, 0.1) is 6.92 Å². The maximum Gasteiger partial charge on any atom is 0.416 e. The molecule has 11 heteroatoms. The summed E-state index contributed by atoms with van der Waals surface area (Å²) >= 11 is 1.08. The molecule has 2 heterocycles. The normalized spacial score (nSPS) is 17.2. The van der Waals surface area contributed by atoms with Crippen LogP contribution in [0.25, 0.3) is 11.3 Å². The number of rotatable bonds is 6. The number of amides is 2. The van der Waals surface area contributed by atoms with E-state index in [1.165, 1.54) is 30.5 Å². The molecule has 2 N–H and O–H groups in total. The average Bonchev–Trinajstić information content (AvgIpc) is 3.42. The van der Waals surface area contributed by atoms with Crippen molar-refractivity contribution >= 4 is 40.6 Å². The minimum absolute atomic E-state index is 0.0361. The SMILES string of the molecule is Cc1ccc(NC(=O)CC2S/C(=N\N=C\c3ccc(-c4cccc(C(F)(F)F)c4)o3)NC2=O)cc1. The zero-order valence-electron chi connectivity index (χ0n) is 18.3. The Morgan fingerprint density at radius 3 is 2.69 bits per heavy atom. The summed E-state index contributed by atoms with van der Waals surface area (Å²) in [5.74, 6) is -0.143. The van der Waals surface area contributed by atoms with Gasteiger partial charge in [-0.3, -0.25) is 9.59 Å². The standard InChI is InChI=1S/C24H19F3N4O3S/c1-14-5-7-17(8-6-14)29-21(32)12-20-22(33)30-23(35-20)31-28-13-18-9-10-19(34-18)15-3-2-4-16(11-15)24(25,26)27/h2-11,13,20H,12H2,1H3,(H,29,32)(H,30,31,33)/b28-13+. The summed E-state index contributed by atoms with van der Waals surface area (Å²) in [5.41, 5.74) is 1.21. The molecule has 2 aromatic carbocycles. The van der Waals surface area contributed by atoms with Gasteiger partial charge < -0.3 is 15.1 Å². The summed E-state index contributed by atoms with van der Waals surface area (Å²) < 4.78 is 44.3. The number of nitrogens with one attached hydrogen (secondary N) is 2. The smallest absolute Gasteiger partial charge is 0.416 e. The fourth-order valence-electron chi connectivity index (χ4n) is 3.17. The number of hydrogen-bond acceptors (Lipinski definition) is 6. The van der Waals surface area contributed by atoms with Gasteiger partial charge >= 0.3 is 6.18 Å². The summed E-state index contributed by atoms with van der Waals surface area (Å²) in [4.78, 5) is 24.4. The number of aryl methyl sites for hydroxylation is 1. The minimum Gasteiger partial charge on any atom is -0.455 e. The van der Waals surface area contributed by atoms with Gasteiger partial charge in [-0.25, -0.2) is 0 Å². The Hall–Kier alpha value is -3.86. The predicted molar refractivity (Wildman–Crippen MR) is 128 cm³/mol. The summed E-state index contributed by atoms with van der Waals surface area (Å²) in [6.07, 6.45) is -3.22. The van der Waals surface area contributed by atoms with Crippen molar-refractivity contribution in [1.82, 2.24) is 5.32 Å². The van der Waals surface area contributed by atoms with E-state index < -0.39 is 17.0 Å². The van der Waals surface area contributed by atoms with E-state index in [1.54, 1.807) is 12.1 Å². The van der Waals surface area contributed by atoms with Gasteiger partial charge in [-0.15, -0.1) is 5.10 Å². The molecule has 0 saturated carbocycles. The van der Waals surface area contributed by atoms with Crippen molar-refractivity contribution in [2.75, 3.05) is 5.32 Å². The Kier molecular flexibility index (Phi) is 7.06. The number of halogens is 3. The van der Waals surface area contributed by atoms with Crippen LogP contribution in [0.3, 0.4) is 0 Å². The van der Waals surface area contributed by atoms with Gasteiger partial charge in [0.25, 0.3) is 0 Å². The molecule has 0 aliphatic carbocycles. The van der Waals surface area contributed by atoms with Gasteiger partial charge in [0.1, 0.15) is 16.8 Å². The van der Waals surface area contributed by atoms with Crippen LogP contribution in [0.2, 0.25) is 0 Å². The molecule has 1 atom stereocenters. The van der Waals surface area contributed by atoms with Crippen LogP contribution in [-0.2, 0) is 15.8 Å². The maximum absolute atomic E-state index is 12.9. The summed E-state index contributed by atoms with van der Waals surface area (Å²) in [5, 5.41) is 12.7. The number of benzene rings is 2. The van der Waals surface area contributed by atoms with E-state index in [0.29, 0.717) is 5.69 Å². The number of carbonyl (C=O) groups excluding carboxylic acids is 2. The van der Waals surface area contributed by atoms with Crippen LogP contribution in [0.15, 0.2) is 75.3 Å². The van der Waals surface area contributed by atoms with Crippen molar-refractivity contribution in [1.29, 1.82) is 0 Å². The highest BCUT2D eigenvalue weighted by molar-refractivity contribution is 8.15. The van der Waals surface area contributed by atoms with Gasteiger partial charge in [-0.2, -0.15) is 18.3 Å². The lowest BCUT2D eigenvalue weighted by Crippen LogP contribution is -2.28. The molecule has 1 fully saturated rings. The van der Waals surface area contributed by atoms with Crippen LogP contribution in [0.4, 0.5) is 18.9 Å². The summed E-state index contributed by atoms with van der Waals surface area (Å²) in [6.45, 7) is 1.94. The molecule has 0 radical (unpaired) electrons. The monoisotopic (exact) mass is 500 g/mol. The van der Waals surface area contributed by atoms with E-state index in [4.69, 9.17) is 4.42 Å². The second kappa shape index (κ2) is 10.2. The zero-order valence-corrected chi connectivity index (χ0v) is 19.1. The molecule has 35 heavy (non-hydrogen) atoms. The Morgan fingerprint density at radius 2 is 1.94 bits per heavy atom. The van der Waals surface area contributed by atoms with Gasteiger partial charge in [0.15, 0.2) is 5.17 Å². The van der Waals surface area contributed by atoms with Crippen molar-refractivity contribution in [3.63, 3.8) is 0 Å². The van der Waals surface area contributed by atoms with Crippen molar-refractivity contribution in [3.8, 4) is 11.3 Å². The van der Waals surface area contributed by atoms with E-state index >= 15 is 0 Å². The van der Waals surface area contributed by atoms with Gasteiger partial charge in [0.05, 0.1) is 11.8 Å². The van der Waals surface area contributed by atoms with Crippen LogP contribution in [0.5, 0.6) is 0 Å². The maximum atomic E-state index is 12.9. The lowest BCUT2D eigenvalue weighted by Gasteiger charge is -2.07. The number of thioether (sulfide) groups is 1. The third-order valence-corrected chi connectivity index (χ3v) is 5.99. The topological polar surface area (TPSA) is 96.1 Å². The lowest BCUT2D eigenvalue weighted by atomic mass is 10.1. The number of carbonyl (C=O) groups is 2. The third kappa shape index (κ3) is 6.38. The molecule has 1 aliphatic heterocycles. The predicted octanol–water partition coefficient (Wildman–Crippen LogP) is 5.22. The quantitative estimate of drug-likeness (QED) is 0.358. The molecule has 0 spiro atoms. The molecule has 1 aliphatic rings. The Labute approximate surface area is 202 Å². The number of anilines is 1. The highest BCUT2D eigenvalue weighted by atomic mass is 32.2. The molecule has 0 bridgehead atoms. The molecule has 3 aromatic rings. The molecule has 2 amide bonds. The Balaban J connectivity index is 1.34. The number of alkyl halides is 3. The molecule has 1 unspecified atom stereocenters. The first-order chi connectivity index (χ1) is 16.7. The largest absolute Gasteiger partial charge is 0.455 e. The third-order valence-electron chi connectivity index (χ3n) is 4.92. The number of hydrogen-bond donors (Lipinski definition) is 2. The second-order valence-electron chi connectivity index (χ2n) is 7.64. The summed E-state index contributed by atoms with van der Waals surface area (Å²) in [6, 6.07) is 15.2. The lowest BCUT2D eigenvalue weighted by molar-refractivity contribution is -0.137. The van der Waals surface area contributed by atoms with Crippen LogP contribution in [-0.4, -0.2) is 28.4 Å². The fourth-order valence-corrected chi connectivity index (χ4v) is 4.09. The molecule has 1 saturated heterocycles. The van der Waals surface area contributed by atoms with Crippen molar-refractivity contribution in [2.45, 2.75) is 24.8 Å².